The van der Waals surface area contributed by atoms with Crippen LogP contribution < -0.4 is 20.1 Å². The van der Waals surface area contributed by atoms with Crippen molar-refractivity contribution in [2.45, 2.75) is 38.9 Å². The number of allylic oxidation sites excluding steroid dienone is 1. The van der Waals surface area contributed by atoms with Crippen LogP contribution >= 0.6 is 11.8 Å². The minimum atomic E-state index is -0.594. The average Bonchev–Trinajstić information content (AvgIpc) is 3.39. The summed E-state index contributed by atoms with van der Waals surface area (Å²) in [6.45, 7) is 9.92. The van der Waals surface area contributed by atoms with E-state index in [-0.39, 0.29) is 18.4 Å². The zero-order valence-corrected chi connectivity index (χ0v) is 25.3. The number of morpholine rings is 1. The smallest absolute Gasteiger partial charge is 0.260 e. The Morgan fingerprint density at radius 2 is 1.93 bits per heavy atom. The Morgan fingerprint density at radius 1 is 1.14 bits per heavy atom. The number of carbonyl (C=O) groups excluding carboxylic acids is 2. The van der Waals surface area contributed by atoms with Gasteiger partial charge in [0.15, 0.2) is 18.1 Å². The lowest BCUT2D eigenvalue weighted by Crippen LogP contribution is -2.43. The SMILES string of the molecule is CCSc1nc2n(n1)C(c1ccc(OCC(=O)N3CCOCC3)c(OC)c1)C(C(=O)Nc1cccc(C)c1C)=C(C)N2. The highest BCUT2D eigenvalue weighted by molar-refractivity contribution is 7.99. The predicted molar refractivity (Wildman–Crippen MR) is 161 cm³/mol. The second-order valence-corrected chi connectivity index (χ2v) is 11.3. The highest BCUT2D eigenvalue weighted by atomic mass is 32.2. The Balaban J connectivity index is 1.48. The molecule has 2 N–H and O–H groups in total. The molecule has 2 aromatic carbocycles. The van der Waals surface area contributed by atoms with E-state index in [2.05, 4.69) is 15.6 Å². The summed E-state index contributed by atoms with van der Waals surface area (Å²) in [4.78, 5) is 33.0. The third-order valence-corrected chi connectivity index (χ3v) is 8.14. The first kappa shape index (κ1) is 29.5. The number of methoxy groups -OCH3 is 1. The summed E-state index contributed by atoms with van der Waals surface area (Å²) in [5.74, 6) is 1.87. The van der Waals surface area contributed by atoms with Gasteiger partial charge in [0, 0.05) is 24.5 Å². The van der Waals surface area contributed by atoms with Gasteiger partial charge in [-0.25, -0.2) is 4.68 Å². The largest absolute Gasteiger partial charge is 0.493 e. The standard InChI is InChI=1S/C30H36N6O5S/c1-6-42-30-33-29-31-20(4)26(28(38)32-22-9-7-8-18(2)19(22)3)27(36(29)34-30)21-10-11-23(24(16-21)39-5)41-17-25(37)35-12-14-40-15-13-35/h7-11,16,27H,6,12-15,17H2,1-5H3,(H,32,38)(H,31,33,34). The van der Waals surface area contributed by atoms with Crippen LogP contribution in [0.4, 0.5) is 11.6 Å². The Hall–Kier alpha value is -4.03. The fourth-order valence-electron chi connectivity index (χ4n) is 5.02. The van der Waals surface area contributed by atoms with E-state index in [1.165, 1.54) is 11.8 Å². The molecular formula is C30H36N6O5S. The minimum Gasteiger partial charge on any atom is -0.493 e. The first-order chi connectivity index (χ1) is 20.3. The molecule has 1 aromatic heterocycles. The number of ether oxygens (including phenoxy) is 3. The Bertz CT molecular complexity index is 1510. The van der Waals surface area contributed by atoms with Crippen molar-refractivity contribution in [3.8, 4) is 11.5 Å². The first-order valence-electron chi connectivity index (χ1n) is 13.9. The van der Waals surface area contributed by atoms with Crippen LogP contribution in [0.25, 0.3) is 0 Å². The molecular weight excluding hydrogens is 556 g/mol. The summed E-state index contributed by atoms with van der Waals surface area (Å²) in [5, 5.41) is 11.7. The fraction of sp³-hybridized carbons (Fsp3) is 0.400. The first-order valence-corrected chi connectivity index (χ1v) is 14.9. The van der Waals surface area contributed by atoms with Crippen LogP contribution in [0.5, 0.6) is 11.5 Å². The molecule has 3 heterocycles. The molecule has 2 aliphatic rings. The van der Waals surface area contributed by atoms with Gasteiger partial charge < -0.3 is 29.7 Å². The van der Waals surface area contributed by atoms with Crippen molar-refractivity contribution < 1.29 is 23.8 Å². The number of hydrogen-bond donors (Lipinski definition) is 2. The molecule has 3 aromatic rings. The van der Waals surface area contributed by atoms with E-state index < -0.39 is 6.04 Å². The van der Waals surface area contributed by atoms with Crippen molar-refractivity contribution in [1.29, 1.82) is 0 Å². The molecule has 0 bridgehead atoms. The number of hydrogen-bond acceptors (Lipinski definition) is 9. The summed E-state index contributed by atoms with van der Waals surface area (Å²) in [7, 11) is 1.55. The minimum absolute atomic E-state index is 0.111. The van der Waals surface area contributed by atoms with Gasteiger partial charge in [-0.1, -0.05) is 36.9 Å². The highest BCUT2D eigenvalue weighted by Gasteiger charge is 2.35. The Kier molecular flexibility index (Phi) is 9.03. The van der Waals surface area contributed by atoms with Crippen molar-refractivity contribution in [3.05, 3.63) is 64.4 Å². The van der Waals surface area contributed by atoms with Crippen molar-refractivity contribution in [3.63, 3.8) is 0 Å². The van der Waals surface area contributed by atoms with Crippen molar-refractivity contribution in [1.82, 2.24) is 19.7 Å². The summed E-state index contributed by atoms with van der Waals surface area (Å²) in [6, 6.07) is 10.7. The third-order valence-electron chi connectivity index (χ3n) is 7.42. The molecule has 5 rings (SSSR count). The van der Waals surface area contributed by atoms with Crippen LogP contribution in [-0.2, 0) is 14.3 Å². The number of benzene rings is 2. The van der Waals surface area contributed by atoms with Crippen molar-refractivity contribution in [2.24, 2.45) is 0 Å². The van der Waals surface area contributed by atoms with Gasteiger partial charge in [0.25, 0.3) is 11.8 Å². The zero-order valence-electron chi connectivity index (χ0n) is 24.5. The molecule has 2 amide bonds. The van der Waals surface area contributed by atoms with Crippen LogP contribution in [0.15, 0.2) is 52.8 Å². The molecule has 1 atom stereocenters. The highest BCUT2D eigenvalue weighted by Crippen LogP contribution is 2.40. The van der Waals surface area contributed by atoms with Crippen LogP contribution in [-0.4, -0.2) is 77.3 Å². The molecule has 42 heavy (non-hydrogen) atoms. The second kappa shape index (κ2) is 12.9. The Morgan fingerprint density at radius 3 is 2.67 bits per heavy atom. The number of aryl methyl sites for hydroxylation is 1. The number of nitrogens with one attached hydrogen (secondary N) is 2. The van der Waals surface area contributed by atoms with E-state index >= 15 is 0 Å². The normalized spacial score (nSPS) is 16.5. The van der Waals surface area contributed by atoms with Gasteiger partial charge in [-0.05, 0) is 61.4 Å². The summed E-state index contributed by atoms with van der Waals surface area (Å²) < 4.78 is 18.6. The zero-order chi connectivity index (χ0) is 29.8. The van der Waals surface area contributed by atoms with E-state index in [0.717, 1.165) is 28.1 Å². The Labute approximate surface area is 249 Å². The number of amides is 2. The lowest BCUT2D eigenvalue weighted by molar-refractivity contribution is -0.137. The van der Waals surface area contributed by atoms with Crippen LogP contribution in [0, 0.1) is 13.8 Å². The van der Waals surface area contributed by atoms with Crippen LogP contribution in [0.2, 0.25) is 0 Å². The number of fused-ring (bicyclic) bond motifs is 1. The maximum Gasteiger partial charge on any atom is 0.260 e. The molecule has 0 spiro atoms. The van der Waals surface area contributed by atoms with Crippen molar-refractivity contribution >= 4 is 35.2 Å². The van der Waals surface area contributed by atoms with E-state index in [9.17, 15) is 9.59 Å². The lowest BCUT2D eigenvalue weighted by Gasteiger charge is -2.29. The van der Waals surface area contributed by atoms with Crippen LogP contribution in [0.1, 0.15) is 36.6 Å². The molecule has 0 radical (unpaired) electrons. The number of thioether (sulfide) groups is 1. The van der Waals surface area contributed by atoms with E-state index in [1.807, 2.05) is 58.0 Å². The summed E-state index contributed by atoms with van der Waals surface area (Å²) in [5.41, 5.74) is 4.76. The number of nitrogens with zero attached hydrogens (tertiary/aromatic N) is 4. The van der Waals surface area contributed by atoms with Crippen LogP contribution in [0.3, 0.4) is 0 Å². The van der Waals surface area contributed by atoms with Gasteiger partial charge in [-0.2, -0.15) is 4.98 Å². The molecule has 0 saturated carbocycles. The maximum absolute atomic E-state index is 13.9. The average molecular weight is 593 g/mol. The monoisotopic (exact) mass is 592 g/mol. The molecule has 2 aliphatic heterocycles. The number of carbonyl (C=O) groups is 2. The molecule has 1 fully saturated rings. The maximum atomic E-state index is 13.9. The second-order valence-electron chi connectivity index (χ2n) is 10.1. The van der Waals surface area contributed by atoms with E-state index in [0.29, 0.717) is 60.2 Å². The van der Waals surface area contributed by atoms with Gasteiger partial charge >= 0.3 is 0 Å². The number of aromatic nitrogens is 3. The fourth-order valence-corrected chi connectivity index (χ4v) is 5.57. The molecule has 222 valence electrons. The quantitative estimate of drug-likeness (QED) is 0.353. The molecule has 1 saturated heterocycles. The molecule has 11 nitrogen and oxygen atoms in total. The van der Waals surface area contributed by atoms with Gasteiger partial charge in [0.2, 0.25) is 11.1 Å². The van der Waals surface area contributed by atoms with E-state index in [1.54, 1.807) is 22.8 Å². The third kappa shape index (κ3) is 6.09. The summed E-state index contributed by atoms with van der Waals surface area (Å²) in [6.07, 6.45) is 0. The van der Waals surface area contributed by atoms with Gasteiger partial charge in [0.1, 0.15) is 6.04 Å². The lowest BCUT2D eigenvalue weighted by atomic mass is 9.94. The summed E-state index contributed by atoms with van der Waals surface area (Å²) >= 11 is 1.52. The van der Waals surface area contributed by atoms with Gasteiger partial charge in [0.05, 0.1) is 25.9 Å². The van der Waals surface area contributed by atoms with Gasteiger partial charge in [-0.15, -0.1) is 5.10 Å². The molecule has 1 unspecified atom stereocenters. The topological polar surface area (TPSA) is 120 Å². The molecule has 12 heteroatoms. The number of rotatable bonds is 9. The molecule has 0 aliphatic carbocycles. The number of anilines is 2. The van der Waals surface area contributed by atoms with Crippen molar-refractivity contribution in [2.75, 3.05) is 56.4 Å². The predicted octanol–water partition coefficient (Wildman–Crippen LogP) is 4.18. The van der Waals surface area contributed by atoms with E-state index in [4.69, 9.17) is 19.3 Å². The van der Waals surface area contributed by atoms with Gasteiger partial charge in [-0.3, -0.25) is 9.59 Å².